The number of nitrogens with two attached hydrogens (primary N) is 1. The number of nitrogens with one attached hydrogen (secondary N) is 1. The molecule has 5 heteroatoms. The molecular formula is C15H18N2O2S. The second-order valence-electron chi connectivity index (χ2n) is 5.12. The lowest BCUT2D eigenvalue weighted by atomic mass is 10.1. The van der Waals surface area contributed by atoms with E-state index in [1.165, 1.54) is 11.3 Å². The molecule has 1 amide bonds. The minimum absolute atomic E-state index is 0.0670. The topological polar surface area (TPSA) is 64.4 Å². The number of hydrogen-bond acceptors (Lipinski definition) is 4. The van der Waals surface area contributed by atoms with Gasteiger partial charge in [0.2, 0.25) is 0 Å². The largest absolute Gasteiger partial charge is 0.397 e. The number of anilines is 1. The molecule has 2 heterocycles. The number of hydrogen-bond donors (Lipinski definition) is 2. The zero-order chi connectivity index (χ0) is 13.9. The number of amides is 1. The standard InChI is InChI=1S/C15H18N2O2S/c16-13-11-3-1-2-4-12(11)20-14(13)15(18)17-7-5-10-6-8-19-9-10/h1-4,10H,5-9,16H2,(H,17,18). The van der Waals surface area contributed by atoms with E-state index in [2.05, 4.69) is 5.32 Å². The average molecular weight is 290 g/mol. The molecule has 1 aromatic carbocycles. The van der Waals surface area contributed by atoms with Gasteiger partial charge in [-0.2, -0.15) is 0 Å². The van der Waals surface area contributed by atoms with Gasteiger partial charge in [0.15, 0.2) is 0 Å². The fourth-order valence-electron chi connectivity index (χ4n) is 2.52. The fourth-order valence-corrected chi connectivity index (χ4v) is 3.55. The Bertz CT molecular complexity index is 617. The fraction of sp³-hybridized carbons (Fsp3) is 0.400. The summed E-state index contributed by atoms with van der Waals surface area (Å²) in [5.41, 5.74) is 6.65. The summed E-state index contributed by atoms with van der Waals surface area (Å²) < 4.78 is 6.38. The van der Waals surface area contributed by atoms with Crippen LogP contribution in [0.1, 0.15) is 22.5 Å². The van der Waals surface area contributed by atoms with Crippen LogP contribution in [0, 0.1) is 5.92 Å². The normalized spacial score (nSPS) is 18.5. The molecule has 106 valence electrons. The maximum Gasteiger partial charge on any atom is 0.263 e. The van der Waals surface area contributed by atoms with Crippen molar-refractivity contribution < 1.29 is 9.53 Å². The Balaban J connectivity index is 1.64. The first kappa shape index (κ1) is 13.4. The zero-order valence-electron chi connectivity index (χ0n) is 11.2. The summed E-state index contributed by atoms with van der Waals surface area (Å²) in [6.07, 6.45) is 2.07. The van der Waals surface area contributed by atoms with E-state index in [-0.39, 0.29) is 5.91 Å². The van der Waals surface area contributed by atoms with E-state index in [1.807, 2.05) is 24.3 Å². The molecular weight excluding hydrogens is 272 g/mol. The van der Waals surface area contributed by atoms with E-state index in [0.717, 1.165) is 36.1 Å². The molecule has 1 atom stereocenters. The van der Waals surface area contributed by atoms with Gasteiger partial charge in [-0.05, 0) is 24.8 Å². The molecule has 1 aliphatic rings. The van der Waals surface area contributed by atoms with Crippen molar-refractivity contribution in [1.82, 2.24) is 5.32 Å². The third-order valence-electron chi connectivity index (χ3n) is 3.70. The van der Waals surface area contributed by atoms with Crippen LogP contribution in [-0.2, 0) is 4.74 Å². The summed E-state index contributed by atoms with van der Waals surface area (Å²) >= 11 is 1.45. The lowest BCUT2D eigenvalue weighted by Crippen LogP contribution is -2.25. The first-order chi connectivity index (χ1) is 9.75. The van der Waals surface area contributed by atoms with Gasteiger partial charge in [0.25, 0.3) is 5.91 Å². The highest BCUT2D eigenvalue weighted by molar-refractivity contribution is 7.21. The average Bonchev–Trinajstić information content (AvgIpc) is 3.08. The number of ether oxygens (including phenoxy) is 1. The number of carbonyl (C=O) groups is 1. The van der Waals surface area contributed by atoms with Gasteiger partial charge < -0.3 is 15.8 Å². The molecule has 0 aliphatic carbocycles. The third-order valence-corrected chi connectivity index (χ3v) is 4.89. The third kappa shape index (κ3) is 2.64. The predicted octanol–water partition coefficient (Wildman–Crippen LogP) is 2.64. The molecule has 1 aromatic heterocycles. The summed E-state index contributed by atoms with van der Waals surface area (Å²) in [7, 11) is 0. The van der Waals surface area contributed by atoms with Crippen LogP contribution in [-0.4, -0.2) is 25.7 Å². The van der Waals surface area contributed by atoms with Crippen molar-refractivity contribution in [1.29, 1.82) is 0 Å². The first-order valence-corrected chi connectivity index (χ1v) is 7.70. The van der Waals surface area contributed by atoms with Crippen molar-refractivity contribution in [3.05, 3.63) is 29.1 Å². The van der Waals surface area contributed by atoms with Crippen molar-refractivity contribution in [3.63, 3.8) is 0 Å². The number of rotatable bonds is 4. The van der Waals surface area contributed by atoms with Crippen LogP contribution in [0.4, 0.5) is 5.69 Å². The molecule has 0 saturated carbocycles. The molecule has 3 N–H and O–H groups in total. The molecule has 1 fully saturated rings. The molecule has 4 nitrogen and oxygen atoms in total. The van der Waals surface area contributed by atoms with Crippen LogP contribution in [0.25, 0.3) is 10.1 Å². The van der Waals surface area contributed by atoms with Gasteiger partial charge >= 0.3 is 0 Å². The second kappa shape index (κ2) is 5.81. The SMILES string of the molecule is Nc1c(C(=O)NCCC2CCOC2)sc2ccccc12. The van der Waals surface area contributed by atoms with E-state index in [9.17, 15) is 4.79 Å². The summed E-state index contributed by atoms with van der Waals surface area (Å²) in [5.74, 6) is 0.512. The van der Waals surface area contributed by atoms with Gasteiger partial charge in [0.1, 0.15) is 4.88 Å². The van der Waals surface area contributed by atoms with Gasteiger partial charge in [-0.3, -0.25) is 4.79 Å². The van der Waals surface area contributed by atoms with Crippen LogP contribution < -0.4 is 11.1 Å². The number of nitrogen functional groups attached to an aromatic ring is 1. The van der Waals surface area contributed by atoms with Gasteiger partial charge in [-0.15, -0.1) is 11.3 Å². The number of thiophene rings is 1. The second-order valence-corrected chi connectivity index (χ2v) is 6.17. The monoisotopic (exact) mass is 290 g/mol. The van der Waals surface area contributed by atoms with Gasteiger partial charge in [0.05, 0.1) is 5.69 Å². The Morgan fingerprint density at radius 2 is 2.30 bits per heavy atom. The molecule has 0 bridgehead atoms. The van der Waals surface area contributed by atoms with Crippen LogP contribution in [0.2, 0.25) is 0 Å². The maximum absolute atomic E-state index is 12.2. The molecule has 20 heavy (non-hydrogen) atoms. The van der Waals surface area contributed by atoms with E-state index in [4.69, 9.17) is 10.5 Å². The molecule has 0 radical (unpaired) electrons. The van der Waals surface area contributed by atoms with Crippen molar-refractivity contribution in [2.75, 3.05) is 25.5 Å². The van der Waals surface area contributed by atoms with Gasteiger partial charge in [-0.1, -0.05) is 18.2 Å². The van der Waals surface area contributed by atoms with Crippen LogP contribution in [0.15, 0.2) is 24.3 Å². The smallest absolute Gasteiger partial charge is 0.263 e. The Labute approximate surface area is 121 Å². The zero-order valence-corrected chi connectivity index (χ0v) is 12.0. The molecule has 3 rings (SSSR count). The summed E-state index contributed by atoms with van der Waals surface area (Å²) in [5, 5.41) is 3.93. The Morgan fingerprint density at radius 3 is 3.05 bits per heavy atom. The maximum atomic E-state index is 12.2. The highest BCUT2D eigenvalue weighted by Gasteiger charge is 2.18. The molecule has 1 saturated heterocycles. The van der Waals surface area contributed by atoms with Crippen molar-refractivity contribution in [2.45, 2.75) is 12.8 Å². The predicted molar refractivity (Wildman–Crippen MR) is 82.1 cm³/mol. The number of carbonyl (C=O) groups excluding carboxylic acids is 1. The minimum atomic E-state index is -0.0670. The van der Waals surface area contributed by atoms with Crippen molar-refractivity contribution in [2.24, 2.45) is 5.92 Å². The van der Waals surface area contributed by atoms with Crippen LogP contribution in [0.3, 0.4) is 0 Å². The van der Waals surface area contributed by atoms with E-state index >= 15 is 0 Å². The summed E-state index contributed by atoms with van der Waals surface area (Å²) in [6, 6.07) is 7.84. The molecule has 0 spiro atoms. The van der Waals surface area contributed by atoms with E-state index in [0.29, 0.717) is 23.0 Å². The Kier molecular flexibility index (Phi) is 3.89. The molecule has 1 unspecified atom stereocenters. The van der Waals surface area contributed by atoms with Crippen LogP contribution in [0.5, 0.6) is 0 Å². The lowest BCUT2D eigenvalue weighted by molar-refractivity contribution is 0.0955. The highest BCUT2D eigenvalue weighted by atomic mass is 32.1. The molecule has 2 aromatic rings. The quantitative estimate of drug-likeness (QED) is 0.910. The highest BCUT2D eigenvalue weighted by Crippen LogP contribution is 2.33. The van der Waals surface area contributed by atoms with E-state index < -0.39 is 0 Å². The Morgan fingerprint density at radius 1 is 1.45 bits per heavy atom. The lowest BCUT2D eigenvalue weighted by Gasteiger charge is -2.08. The van der Waals surface area contributed by atoms with E-state index in [1.54, 1.807) is 0 Å². The first-order valence-electron chi connectivity index (χ1n) is 6.88. The number of fused-ring (bicyclic) bond motifs is 1. The van der Waals surface area contributed by atoms with Crippen molar-refractivity contribution in [3.8, 4) is 0 Å². The van der Waals surface area contributed by atoms with Crippen molar-refractivity contribution >= 4 is 33.0 Å². The van der Waals surface area contributed by atoms with Gasteiger partial charge in [0, 0.05) is 29.8 Å². The van der Waals surface area contributed by atoms with Crippen LogP contribution >= 0.6 is 11.3 Å². The Hall–Kier alpha value is -1.59. The summed E-state index contributed by atoms with van der Waals surface area (Å²) in [6.45, 7) is 2.35. The number of benzene rings is 1. The molecule has 1 aliphatic heterocycles. The van der Waals surface area contributed by atoms with Gasteiger partial charge in [-0.25, -0.2) is 0 Å². The minimum Gasteiger partial charge on any atom is -0.397 e. The summed E-state index contributed by atoms with van der Waals surface area (Å²) in [4.78, 5) is 12.8.